The molecule has 0 bridgehead atoms. The summed E-state index contributed by atoms with van der Waals surface area (Å²) in [5.41, 5.74) is 4.97. The Bertz CT molecular complexity index is 1050. The lowest BCUT2D eigenvalue weighted by Crippen LogP contribution is -2.21. The Kier molecular flexibility index (Phi) is 13.0. The van der Waals surface area contributed by atoms with Crippen LogP contribution in [0.1, 0.15) is 72.8 Å². The maximum atomic E-state index is 13.5. The molecule has 0 saturated heterocycles. The molecular formula is C29H42O5S. The number of aliphatic hydroxyl groups excluding tert-OH is 1. The number of allylic oxidation sites excluding steroid dienone is 4. The van der Waals surface area contributed by atoms with Gasteiger partial charge in [0.05, 0.1) is 16.2 Å². The number of ether oxygens (including phenoxy) is 1. The van der Waals surface area contributed by atoms with Crippen LogP contribution >= 0.6 is 0 Å². The van der Waals surface area contributed by atoms with Crippen molar-refractivity contribution in [3.8, 4) is 0 Å². The smallest absolute Gasteiger partial charge is 0.302 e. The number of hydrogen-bond acceptors (Lipinski definition) is 5. The number of aliphatic hydroxyl groups is 1. The van der Waals surface area contributed by atoms with Gasteiger partial charge in [-0.2, -0.15) is 0 Å². The van der Waals surface area contributed by atoms with Gasteiger partial charge in [0.2, 0.25) is 0 Å². The second-order valence-corrected chi connectivity index (χ2v) is 11.7. The quantitative estimate of drug-likeness (QED) is 0.248. The fraction of sp³-hybridized carbons (Fsp3) is 0.483. The molecule has 1 N–H and O–H groups in total. The molecule has 0 aromatic heterocycles. The van der Waals surface area contributed by atoms with Gasteiger partial charge in [0, 0.05) is 6.92 Å². The van der Waals surface area contributed by atoms with Crippen LogP contribution in [0, 0.1) is 6.92 Å². The van der Waals surface area contributed by atoms with E-state index in [-0.39, 0.29) is 12.6 Å². The zero-order valence-corrected chi connectivity index (χ0v) is 23.1. The van der Waals surface area contributed by atoms with Crippen LogP contribution < -0.4 is 0 Å². The zero-order chi connectivity index (χ0) is 26.6. The molecule has 0 fully saturated rings. The Labute approximate surface area is 212 Å². The van der Waals surface area contributed by atoms with Crippen molar-refractivity contribution in [2.45, 2.75) is 90.4 Å². The monoisotopic (exact) mass is 502 g/mol. The molecule has 0 heterocycles. The topological polar surface area (TPSA) is 80.7 Å². The van der Waals surface area contributed by atoms with Crippen molar-refractivity contribution in [2.24, 2.45) is 0 Å². The fourth-order valence-corrected chi connectivity index (χ4v) is 5.40. The van der Waals surface area contributed by atoms with Crippen molar-refractivity contribution in [1.29, 1.82) is 0 Å². The molecule has 0 aliphatic rings. The SMILES string of the molecule is CC(=O)OCC=C(C)CC(O)C=C(C)CC(C=C(C)CCC=C(C)C)S(=O)(=O)c1ccc(C)cc1. The number of benzene rings is 1. The van der Waals surface area contributed by atoms with Crippen molar-refractivity contribution in [2.75, 3.05) is 6.61 Å². The highest BCUT2D eigenvalue weighted by Crippen LogP contribution is 2.25. The molecule has 35 heavy (non-hydrogen) atoms. The van der Waals surface area contributed by atoms with E-state index in [1.54, 1.807) is 24.3 Å². The summed E-state index contributed by atoms with van der Waals surface area (Å²) in [6, 6.07) is 6.95. The summed E-state index contributed by atoms with van der Waals surface area (Å²) in [5, 5.41) is 9.79. The van der Waals surface area contributed by atoms with Crippen LogP contribution in [0.5, 0.6) is 0 Å². The molecular weight excluding hydrogens is 460 g/mol. The normalized spacial score (nSPS) is 14.9. The molecule has 6 heteroatoms. The van der Waals surface area contributed by atoms with Gasteiger partial charge in [-0.1, -0.05) is 58.2 Å². The third-order valence-corrected chi connectivity index (χ3v) is 7.59. The minimum Gasteiger partial charge on any atom is -0.462 e. The standard InChI is InChI=1S/C29H42O5S/c1-21(2)9-8-10-23(4)19-29(35(32,33)28-13-11-22(3)12-14-28)20-25(6)18-27(31)17-24(5)15-16-34-26(7)30/h9,11-15,18-19,27,29,31H,8,10,16-17,20H2,1-7H3. The maximum absolute atomic E-state index is 13.5. The van der Waals surface area contributed by atoms with Crippen molar-refractivity contribution in [1.82, 2.24) is 0 Å². The summed E-state index contributed by atoms with van der Waals surface area (Å²) in [6.45, 7) is 13.2. The molecule has 1 rings (SSSR count). The molecule has 0 spiro atoms. The summed E-state index contributed by atoms with van der Waals surface area (Å²) in [6.07, 6.45) is 9.08. The van der Waals surface area contributed by atoms with Gasteiger partial charge in [-0.15, -0.1) is 0 Å². The second-order valence-electron chi connectivity index (χ2n) is 9.57. The van der Waals surface area contributed by atoms with E-state index in [9.17, 15) is 18.3 Å². The van der Waals surface area contributed by atoms with Gasteiger partial charge in [-0.05, 0) is 85.4 Å². The van der Waals surface area contributed by atoms with E-state index in [0.717, 1.165) is 35.1 Å². The molecule has 2 unspecified atom stereocenters. The number of aryl methyl sites for hydroxylation is 1. The van der Waals surface area contributed by atoms with E-state index in [4.69, 9.17) is 4.74 Å². The highest BCUT2D eigenvalue weighted by Gasteiger charge is 2.26. The van der Waals surface area contributed by atoms with Gasteiger partial charge in [-0.3, -0.25) is 4.79 Å². The average Bonchev–Trinajstić information content (AvgIpc) is 2.72. The number of carbonyl (C=O) groups excluding carboxylic acids is 1. The Morgan fingerprint density at radius 2 is 1.54 bits per heavy atom. The molecule has 0 amide bonds. The van der Waals surface area contributed by atoms with Crippen molar-refractivity contribution < 1.29 is 23.1 Å². The molecule has 0 aliphatic heterocycles. The first-order valence-corrected chi connectivity index (χ1v) is 13.6. The lowest BCUT2D eigenvalue weighted by Gasteiger charge is -2.17. The number of rotatable bonds is 13. The van der Waals surface area contributed by atoms with Gasteiger partial charge >= 0.3 is 5.97 Å². The van der Waals surface area contributed by atoms with Crippen LogP contribution in [0.25, 0.3) is 0 Å². The molecule has 5 nitrogen and oxygen atoms in total. The van der Waals surface area contributed by atoms with Gasteiger partial charge in [0.1, 0.15) is 6.61 Å². The van der Waals surface area contributed by atoms with E-state index in [1.807, 2.05) is 45.9 Å². The van der Waals surface area contributed by atoms with Crippen LogP contribution in [0.4, 0.5) is 0 Å². The first-order valence-electron chi connectivity index (χ1n) is 12.1. The third kappa shape index (κ3) is 12.2. The summed E-state index contributed by atoms with van der Waals surface area (Å²) in [5.74, 6) is -0.352. The summed E-state index contributed by atoms with van der Waals surface area (Å²) >= 11 is 0. The van der Waals surface area contributed by atoms with Crippen LogP contribution in [0.15, 0.2) is 75.8 Å². The number of sulfone groups is 1. The minimum absolute atomic E-state index is 0.171. The van der Waals surface area contributed by atoms with Gasteiger partial charge in [0.25, 0.3) is 0 Å². The number of hydrogen-bond donors (Lipinski definition) is 1. The first kappa shape index (κ1) is 30.6. The molecule has 2 atom stereocenters. The first-order chi connectivity index (χ1) is 16.3. The van der Waals surface area contributed by atoms with Crippen LogP contribution in [-0.4, -0.2) is 37.5 Å². The van der Waals surface area contributed by atoms with E-state index in [2.05, 4.69) is 19.9 Å². The van der Waals surface area contributed by atoms with Crippen LogP contribution in [0.2, 0.25) is 0 Å². The van der Waals surface area contributed by atoms with E-state index in [1.165, 1.54) is 12.5 Å². The molecule has 0 radical (unpaired) electrons. The highest BCUT2D eigenvalue weighted by molar-refractivity contribution is 7.92. The molecule has 1 aromatic rings. The van der Waals surface area contributed by atoms with Gasteiger partial charge in [-0.25, -0.2) is 8.42 Å². The minimum atomic E-state index is -3.60. The third-order valence-electron chi connectivity index (χ3n) is 5.56. The molecule has 0 saturated carbocycles. The molecule has 194 valence electrons. The second kappa shape index (κ2) is 14.8. The largest absolute Gasteiger partial charge is 0.462 e. The average molecular weight is 503 g/mol. The fourth-order valence-electron chi connectivity index (χ4n) is 3.64. The maximum Gasteiger partial charge on any atom is 0.302 e. The van der Waals surface area contributed by atoms with E-state index >= 15 is 0 Å². The van der Waals surface area contributed by atoms with Crippen molar-refractivity contribution >= 4 is 15.8 Å². The Morgan fingerprint density at radius 3 is 2.11 bits per heavy atom. The van der Waals surface area contributed by atoms with E-state index < -0.39 is 21.2 Å². The predicted molar refractivity (Wildman–Crippen MR) is 144 cm³/mol. The molecule has 0 aliphatic carbocycles. The Morgan fingerprint density at radius 1 is 0.914 bits per heavy atom. The van der Waals surface area contributed by atoms with Gasteiger partial charge < -0.3 is 9.84 Å². The highest BCUT2D eigenvalue weighted by atomic mass is 32.2. The summed E-state index contributed by atoms with van der Waals surface area (Å²) < 4.78 is 32.0. The van der Waals surface area contributed by atoms with E-state index in [0.29, 0.717) is 17.7 Å². The van der Waals surface area contributed by atoms with Gasteiger partial charge in [0.15, 0.2) is 9.84 Å². The van der Waals surface area contributed by atoms with Crippen molar-refractivity contribution in [3.63, 3.8) is 0 Å². The lowest BCUT2D eigenvalue weighted by atomic mass is 10.0. The predicted octanol–water partition coefficient (Wildman–Crippen LogP) is 6.43. The Hall–Kier alpha value is -2.44. The Balaban J connectivity index is 3.11. The zero-order valence-electron chi connectivity index (χ0n) is 22.3. The lowest BCUT2D eigenvalue weighted by molar-refractivity contribution is -0.139. The number of carbonyl (C=O) groups is 1. The summed E-state index contributed by atoms with van der Waals surface area (Å²) in [7, 11) is -3.60. The number of esters is 1. The molecule has 1 aromatic carbocycles. The van der Waals surface area contributed by atoms with Crippen LogP contribution in [0.3, 0.4) is 0 Å². The summed E-state index contributed by atoms with van der Waals surface area (Å²) in [4.78, 5) is 11.2. The van der Waals surface area contributed by atoms with Crippen LogP contribution in [-0.2, 0) is 19.4 Å². The van der Waals surface area contributed by atoms with Crippen molar-refractivity contribution in [3.05, 3.63) is 76.4 Å².